The van der Waals surface area contributed by atoms with Gasteiger partial charge in [-0.15, -0.1) is 0 Å². The van der Waals surface area contributed by atoms with Crippen molar-refractivity contribution in [1.29, 1.82) is 0 Å². The number of methoxy groups -OCH3 is 2. The van der Waals surface area contributed by atoms with Crippen LogP contribution in [0.25, 0.3) is 0 Å². The monoisotopic (exact) mass is 557 g/mol. The van der Waals surface area contributed by atoms with E-state index in [9.17, 15) is 22.8 Å². The Labute approximate surface area is 228 Å². The number of aliphatic imine (C=N–C) groups is 1. The van der Waals surface area contributed by atoms with Crippen molar-refractivity contribution in [2.75, 3.05) is 26.1 Å². The number of nitrogens with zero attached hydrogens (tertiary/aromatic N) is 2. The molecular weight excluding hydrogens is 531 g/mol. The molecule has 0 radical (unpaired) electrons. The fourth-order valence-electron chi connectivity index (χ4n) is 3.85. The van der Waals surface area contributed by atoms with Crippen molar-refractivity contribution in [3.8, 4) is 11.5 Å². The van der Waals surface area contributed by atoms with Crippen LogP contribution in [0.3, 0.4) is 0 Å². The molecule has 1 saturated heterocycles. The number of rotatable bonds is 8. The average molecular weight is 558 g/mol. The van der Waals surface area contributed by atoms with Crippen molar-refractivity contribution in [2.24, 2.45) is 4.99 Å². The highest BCUT2D eigenvalue weighted by molar-refractivity contribution is 8.15. The Kier molecular flexibility index (Phi) is 8.80. The summed E-state index contributed by atoms with van der Waals surface area (Å²) in [6, 6.07) is 18.6. The molecule has 0 saturated carbocycles. The number of nitrogens with one attached hydrogen (secondary N) is 1. The summed E-state index contributed by atoms with van der Waals surface area (Å²) in [5, 5.41) is 2.12. The van der Waals surface area contributed by atoms with Crippen molar-refractivity contribution >= 4 is 40.1 Å². The van der Waals surface area contributed by atoms with Crippen LogP contribution in [0.5, 0.6) is 11.5 Å². The topological polar surface area (TPSA) is 80.2 Å². The Hall–Kier alpha value is -3.99. The van der Waals surface area contributed by atoms with Crippen LogP contribution < -0.4 is 14.8 Å². The van der Waals surface area contributed by atoms with Crippen LogP contribution in [0.1, 0.15) is 17.5 Å². The van der Waals surface area contributed by atoms with Gasteiger partial charge in [0.1, 0.15) is 16.7 Å². The van der Waals surface area contributed by atoms with Crippen LogP contribution in [0.15, 0.2) is 77.8 Å². The first-order chi connectivity index (χ1) is 18.7. The van der Waals surface area contributed by atoms with E-state index in [0.717, 1.165) is 29.5 Å². The molecule has 1 heterocycles. The second kappa shape index (κ2) is 12.2. The molecule has 7 nitrogen and oxygen atoms in total. The summed E-state index contributed by atoms with van der Waals surface area (Å²) >= 11 is 1.04. The van der Waals surface area contributed by atoms with Crippen LogP contribution in [0.4, 0.5) is 24.5 Å². The maximum atomic E-state index is 13.3. The second-order valence-corrected chi connectivity index (χ2v) is 9.78. The lowest BCUT2D eigenvalue weighted by Gasteiger charge is -2.32. The summed E-state index contributed by atoms with van der Waals surface area (Å²) in [4.78, 5) is 32.1. The molecule has 0 aliphatic carbocycles. The molecule has 11 heteroatoms. The Balaban J connectivity index is 1.57. The number of ether oxygens (including phenoxy) is 2. The molecule has 3 aromatic carbocycles. The summed E-state index contributed by atoms with van der Waals surface area (Å²) in [7, 11) is 3.10. The highest BCUT2D eigenvalue weighted by Crippen LogP contribution is 2.34. The largest absolute Gasteiger partial charge is 0.497 e. The lowest BCUT2D eigenvalue weighted by atomic mass is 10.1. The zero-order chi connectivity index (χ0) is 28.0. The summed E-state index contributed by atoms with van der Waals surface area (Å²) in [5.74, 6) is 0.562. The van der Waals surface area contributed by atoms with Crippen LogP contribution in [0, 0.1) is 0 Å². The summed E-state index contributed by atoms with van der Waals surface area (Å²) in [5.41, 5.74) is 0.638. The number of anilines is 1. The minimum Gasteiger partial charge on any atom is -0.497 e. The van der Waals surface area contributed by atoms with Gasteiger partial charge in [0.15, 0.2) is 5.17 Å². The van der Waals surface area contributed by atoms with E-state index >= 15 is 0 Å². The van der Waals surface area contributed by atoms with Gasteiger partial charge >= 0.3 is 6.18 Å². The van der Waals surface area contributed by atoms with Gasteiger partial charge < -0.3 is 14.8 Å². The van der Waals surface area contributed by atoms with E-state index in [4.69, 9.17) is 9.47 Å². The zero-order valence-corrected chi connectivity index (χ0v) is 22.0. The molecule has 39 heavy (non-hydrogen) atoms. The predicted molar refractivity (Wildman–Crippen MR) is 145 cm³/mol. The fraction of sp³-hybridized carbons (Fsp3) is 0.250. The first-order valence-corrected chi connectivity index (χ1v) is 12.8. The van der Waals surface area contributed by atoms with E-state index in [-0.39, 0.29) is 29.7 Å². The van der Waals surface area contributed by atoms with Gasteiger partial charge in [0.05, 0.1) is 25.5 Å². The van der Waals surface area contributed by atoms with Gasteiger partial charge in [-0.05, 0) is 66.6 Å². The van der Waals surface area contributed by atoms with E-state index < -0.39 is 22.9 Å². The minimum atomic E-state index is -4.54. The number of benzene rings is 3. The molecule has 1 aliphatic rings. The van der Waals surface area contributed by atoms with E-state index in [1.807, 2.05) is 12.1 Å². The molecule has 1 fully saturated rings. The molecule has 4 rings (SSSR count). The zero-order valence-electron chi connectivity index (χ0n) is 21.2. The van der Waals surface area contributed by atoms with Crippen molar-refractivity contribution in [2.45, 2.75) is 24.3 Å². The first kappa shape index (κ1) is 28.0. The van der Waals surface area contributed by atoms with Crippen molar-refractivity contribution in [1.82, 2.24) is 4.90 Å². The minimum absolute atomic E-state index is 0.0331. The molecule has 0 spiro atoms. The molecule has 0 aromatic heterocycles. The summed E-state index contributed by atoms with van der Waals surface area (Å²) < 4.78 is 50.1. The van der Waals surface area contributed by atoms with Crippen LogP contribution >= 0.6 is 11.8 Å². The molecule has 1 unspecified atom stereocenters. The second-order valence-electron chi connectivity index (χ2n) is 8.61. The lowest BCUT2D eigenvalue weighted by molar-refractivity contribution is -0.137. The number of halogens is 3. The van der Waals surface area contributed by atoms with Crippen molar-refractivity contribution < 1.29 is 32.2 Å². The Morgan fingerprint density at radius 2 is 1.67 bits per heavy atom. The molecule has 0 bridgehead atoms. The molecule has 1 atom stereocenters. The number of hydrogen-bond donors (Lipinski definition) is 1. The quantitative estimate of drug-likeness (QED) is 0.372. The van der Waals surface area contributed by atoms with Gasteiger partial charge in [0.25, 0.3) is 0 Å². The number of carbonyl (C=O) groups is 2. The van der Waals surface area contributed by atoms with Crippen molar-refractivity contribution in [3.05, 3.63) is 83.9 Å². The molecule has 1 N–H and O–H groups in total. The van der Waals surface area contributed by atoms with Crippen LogP contribution in [0.2, 0.25) is 0 Å². The Bertz CT molecular complexity index is 1350. The summed E-state index contributed by atoms with van der Waals surface area (Å²) in [6.07, 6.45) is -4.15. The van der Waals surface area contributed by atoms with Gasteiger partial charge in [-0.2, -0.15) is 13.2 Å². The number of hydrogen-bond acceptors (Lipinski definition) is 6. The number of carbonyl (C=O) groups excluding carboxylic acids is 2. The molecule has 1 aliphatic heterocycles. The third-order valence-electron chi connectivity index (χ3n) is 5.97. The maximum absolute atomic E-state index is 13.3. The molecule has 204 valence electrons. The maximum Gasteiger partial charge on any atom is 0.416 e. The molecular formula is C28H26F3N3O4S. The van der Waals surface area contributed by atoms with Gasteiger partial charge in [-0.3, -0.25) is 14.5 Å². The highest BCUT2D eigenvalue weighted by atomic mass is 32.2. The Morgan fingerprint density at radius 1 is 1.03 bits per heavy atom. The van der Waals surface area contributed by atoms with Crippen LogP contribution in [-0.4, -0.2) is 47.9 Å². The Morgan fingerprint density at radius 3 is 2.28 bits per heavy atom. The number of thioether (sulfide) groups is 1. The van der Waals surface area contributed by atoms with Gasteiger partial charge in [0.2, 0.25) is 11.8 Å². The van der Waals surface area contributed by atoms with Gasteiger partial charge in [0, 0.05) is 18.7 Å². The van der Waals surface area contributed by atoms with E-state index in [2.05, 4.69) is 10.3 Å². The standard InChI is InChI=1S/C28H26F3N3O4S/c1-37-22-10-6-18(7-11-22)14-15-34-25(35)17-24(26(36)32-20-8-12-23(38-2)13-9-20)39-27(34)33-21-5-3-4-19(16-21)28(29,30)31/h3-13,16,24H,14-15,17H2,1-2H3,(H,32,36). The number of amidine groups is 1. The van der Waals surface area contributed by atoms with E-state index in [1.165, 1.54) is 24.1 Å². The fourth-order valence-corrected chi connectivity index (χ4v) is 4.98. The average Bonchev–Trinajstić information content (AvgIpc) is 2.93. The van der Waals surface area contributed by atoms with E-state index in [1.54, 1.807) is 43.5 Å². The first-order valence-electron chi connectivity index (χ1n) is 12.0. The number of amides is 2. The van der Waals surface area contributed by atoms with E-state index in [0.29, 0.717) is 23.6 Å². The molecule has 2 amide bonds. The smallest absolute Gasteiger partial charge is 0.416 e. The van der Waals surface area contributed by atoms with Crippen molar-refractivity contribution in [3.63, 3.8) is 0 Å². The van der Waals surface area contributed by atoms with Crippen LogP contribution in [-0.2, 0) is 22.2 Å². The normalized spacial score (nSPS) is 16.7. The highest BCUT2D eigenvalue weighted by Gasteiger charge is 2.36. The molecule has 3 aromatic rings. The number of alkyl halides is 3. The summed E-state index contributed by atoms with van der Waals surface area (Å²) in [6.45, 7) is 0.239. The van der Waals surface area contributed by atoms with Gasteiger partial charge in [-0.25, -0.2) is 4.99 Å². The third kappa shape index (κ3) is 7.32. The predicted octanol–water partition coefficient (Wildman–Crippen LogP) is 5.93. The third-order valence-corrected chi connectivity index (χ3v) is 7.16. The lowest BCUT2D eigenvalue weighted by Crippen LogP contribution is -2.46. The SMILES string of the molecule is COc1ccc(CCN2C(=O)CC(C(=O)Nc3ccc(OC)cc3)SC2=Nc2cccc(C(F)(F)F)c2)cc1. The van der Waals surface area contributed by atoms with Gasteiger partial charge in [-0.1, -0.05) is 30.0 Å².